The quantitative estimate of drug-likeness (QED) is 0.884. The van der Waals surface area contributed by atoms with Crippen molar-refractivity contribution in [2.45, 2.75) is 6.04 Å². The van der Waals surface area contributed by atoms with Gasteiger partial charge < -0.3 is 15.0 Å². The zero-order chi connectivity index (χ0) is 18.2. The molecular formula is C17H19N3O4S. The van der Waals surface area contributed by atoms with E-state index in [9.17, 15) is 13.2 Å². The summed E-state index contributed by atoms with van der Waals surface area (Å²) in [5.74, 6) is -0.353. The summed E-state index contributed by atoms with van der Waals surface area (Å²) < 4.78 is 28.2. The van der Waals surface area contributed by atoms with Gasteiger partial charge in [-0.15, -0.1) is 0 Å². The lowest BCUT2D eigenvalue weighted by Crippen LogP contribution is -2.35. The molecule has 1 atom stereocenters. The van der Waals surface area contributed by atoms with Gasteiger partial charge >= 0.3 is 0 Å². The number of rotatable bonds is 4. The van der Waals surface area contributed by atoms with Crippen molar-refractivity contribution in [1.29, 1.82) is 0 Å². The molecule has 0 saturated carbocycles. The van der Waals surface area contributed by atoms with Gasteiger partial charge in [0, 0.05) is 30.6 Å². The molecule has 25 heavy (non-hydrogen) atoms. The summed E-state index contributed by atoms with van der Waals surface area (Å²) in [6.45, 7) is 0. The molecule has 1 aliphatic heterocycles. The third kappa shape index (κ3) is 3.58. The molecule has 1 aromatic carbocycles. The van der Waals surface area contributed by atoms with E-state index in [-0.39, 0.29) is 17.2 Å². The van der Waals surface area contributed by atoms with Crippen molar-refractivity contribution in [3.8, 4) is 5.88 Å². The third-order valence-electron chi connectivity index (χ3n) is 3.97. The van der Waals surface area contributed by atoms with Gasteiger partial charge in [0.05, 0.1) is 24.4 Å². The van der Waals surface area contributed by atoms with Crippen molar-refractivity contribution < 1.29 is 17.9 Å². The molecule has 0 spiro atoms. The summed E-state index contributed by atoms with van der Waals surface area (Å²) in [4.78, 5) is 18.9. The number of amides is 1. The van der Waals surface area contributed by atoms with Crippen molar-refractivity contribution in [2.24, 2.45) is 0 Å². The van der Waals surface area contributed by atoms with Crippen LogP contribution in [0.5, 0.6) is 5.88 Å². The SMILES string of the molecule is COc1nc2cc(N(C)C)ccc2cc1C(=O)NC1C=CS(=O)(=O)C1. The minimum absolute atomic E-state index is 0.131. The van der Waals surface area contributed by atoms with Gasteiger partial charge in [-0.25, -0.2) is 13.4 Å². The first-order chi connectivity index (χ1) is 11.8. The van der Waals surface area contributed by atoms with Gasteiger partial charge in [-0.1, -0.05) is 6.07 Å². The second-order valence-corrected chi connectivity index (χ2v) is 7.99. The number of carbonyl (C=O) groups excluding carboxylic acids is 1. The molecule has 1 aliphatic rings. The highest BCUT2D eigenvalue weighted by Gasteiger charge is 2.25. The molecule has 0 aliphatic carbocycles. The third-order valence-corrected chi connectivity index (χ3v) is 5.36. The van der Waals surface area contributed by atoms with E-state index in [4.69, 9.17) is 4.74 Å². The number of nitrogens with one attached hydrogen (secondary N) is 1. The fourth-order valence-corrected chi connectivity index (χ4v) is 3.88. The summed E-state index contributed by atoms with van der Waals surface area (Å²) in [5.41, 5.74) is 1.97. The lowest BCUT2D eigenvalue weighted by atomic mass is 10.1. The smallest absolute Gasteiger partial charge is 0.257 e. The predicted octanol–water partition coefficient (Wildman–Crippen LogP) is 1.35. The molecule has 2 aromatic rings. The maximum Gasteiger partial charge on any atom is 0.257 e. The first-order valence-electron chi connectivity index (χ1n) is 7.67. The van der Waals surface area contributed by atoms with Crippen molar-refractivity contribution in [3.63, 3.8) is 0 Å². The largest absolute Gasteiger partial charge is 0.480 e. The van der Waals surface area contributed by atoms with Gasteiger partial charge in [-0.05, 0) is 24.3 Å². The summed E-state index contributed by atoms with van der Waals surface area (Å²) in [5, 5.41) is 4.61. The van der Waals surface area contributed by atoms with E-state index in [2.05, 4.69) is 10.3 Å². The monoisotopic (exact) mass is 361 g/mol. The lowest BCUT2D eigenvalue weighted by Gasteiger charge is -2.15. The van der Waals surface area contributed by atoms with Crippen molar-refractivity contribution in [2.75, 3.05) is 31.9 Å². The van der Waals surface area contributed by atoms with Gasteiger partial charge in [0.2, 0.25) is 5.88 Å². The number of fused-ring (bicyclic) bond motifs is 1. The molecule has 1 N–H and O–H groups in total. The number of hydrogen-bond donors (Lipinski definition) is 1. The molecule has 1 unspecified atom stereocenters. The Morgan fingerprint density at radius 1 is 1.32 bits per heavy atom. The number of methoxy groups -OCH3 is 1. The van der Waals surface area contributed by atoms with Crippen LogP contribution < -0.4 is 15.0 Å². The van der Waals surface area contributed by atoms with Crippen molar-refractivity contribution in [1.82, 2.24) is 10.3 Å². The minimum Gasteiger partial charge on any atom is -0.480 e. The second-order valence-electron chi connectivity index (χ2n) is 6.05. The zero-order valence-electron chi connectivity index (χ0n) is 14.2. The summed E-state index contributed by atoms with van der Waals surface area (Å²) in [6.07, 6.45) is 1.47. The molecule has 132 valence electrons. The fraction of sp³-hybridized carbons (Fsp3) is 0.294. The highest BCUT2D eigenvalue weighted by molar-refractivity contribution is 7.94. The first kappa shape index (κ1) is 17.2. The van der Waals surface area contributed by atoms with Gasteiger partial charge in [0.15, 0.2) is 9.84 Å². The number of sulfone groups is 1. The summed E-state index contributed by atoms with van der Waals surface area (Å²) in [6, 6.07) is 6.88. The number of aromatic nitrogens is 1. The van der Waals surface area contributed by atoms with Crippen molar-refractivity contribution in [3.05, 3.63) is 41.3 Å². The Balaban J connectivity index is 1.93. The fourth-order valence-electron chi connectivity index (χ4n) is 2.65. The number of anilines is 1. The second kappa shape index (κ2) is 6.36. The van der Waals surface area contributed by atoms with Crippen LogP contribution in [0.3, 0.4) is 0 Å². The molecule has 1 amide bonds. The van der Waals surface area contributed by atoms with Crippen LogP contribution >= 0.6 is 0 Å². The predicted molar refractivity (Wildman–Crippen MR) is 96.8 cm³/mol. The zero-order valence-corrected chi connectivity index (χ0v) is 15.0. The van der Waals surface area contributed by atoms with Crippen LogP contribution in [-0.2, 0) is 9.84 Å². The Hall–Kier alpha value is -2.61. The first-order valence-corrected chi connectivity index (χ1v) is 9.38. The van der Waals surface area contributed by atoms with Crippen LogP contribution in [0.15, 0.2) is 35.7 Å². The van der Waals surface area contributed by atoms with Gasteiger partial charge in [0.25, 0.3) is 5.91 Å². The average molecular weight is 361 g/mol. The van der Waals surface area contributed by atoms with Crippen LogP contribution in [-0.4, -0.2) is 52.3 Å². The van der Waals surface area contributed by atoms with E-state index in [1.807, 2.05) is 37.2 Å². The van der Waals surface area contributed by atoms with E-state index in [0.717, 1.165) is 16.5 Å². The molecular weight excluding hydrogens is 342 g/mol. The van der Waals surface area contributed by atoms with E-state index < -0.39 is 21.8 Å². The van der Waals surface area contributed by atoms with E-state index in [0.29, 0.717) is 5.52 Å². The topological polar surface area (TPSA) is 88.6 Å². The molecule has 0 fully saturated rings. The number of nitrogens with zero attached hydrogens (tertiary/aromatic N) is 2. The Kier molecular flexibility index (Phi) is 4.38. The summed E-state index contributed by atoms with van der Waals surface area (Å²) >= 11 is 0. The van der Waals surface area contributed by atoms with Gasteiger partial charge in [-0.2, -0.15) is 0 Å². The highest BCUT2D eigenvalue weighted by atomic mass is 32.2. The van der Waals surface area contributed by atoms with Crippen LogP contribution in [0.2, 0.25) is 0 Å². The van der Waals surface area contributed by atoms with E-state index >= 15 is 0 Å². The molecule has 0 bridgehead atoms. The lowest BCUT2D eigenvalue weighted by molar-refractivity contribution is 0.0944. The normalized spacial score (nSPS) is 18.3. The maximum atomic E-state index is 12.5. The Bertz CT molecular complexity index is 967. The maximum absolute atomic E-state index is 12.5. The molecule has 7 nitrogen and oxygen atoms in total. The van der Waals surface area contributed by atoms with Crippen molar-refractivity contribution >= 4 is 32.3 Å². The Morgan fingerprint density at radius 3 is 2.68 bits per heavy atom. The number of pyridine rings is 1. The molecule has 8 heteroatoms. The number of hydrogen-bond acceptors (Lipinski definition) is 6. The highest BCUT2D eigenvalue weighted by Crippen LogP contribution is 2.25. The van der Waals surface area contributed by atoms with E-state index in [1.165, 1.54) is 13.2 Å². The minimum atomic E-state index is -3.23. The molecule has 2 heterocycles. The standard InChI is InChI=1S/C17H19N3O4S/c1-20(2)13-5-4-11-8-14(17(24-3)19-15(11)9-13)16(21)18-12-6-7-25(22,23)10-12/h4-9,12H,10H2,1-3H3,(H,18,21). The van der Waals surface area contributed by atoms with Crippen LogP contribution in [0.4, 0.5) is 5.69 Å². The van der Waals surface area contributed by atoms with E-state index in [1.54, 1.807) is 6.07 Å². The molecule has 1 aromatic heterocycles. The Morgan fingerprint density at radius 2 is 2.08 bits per heavy atom. The Labute approximate surface area is 146 Å². The van der Waals surface area contributed by atoms with Crippen LogP contribution in [0.1, 0.15) is 10.4 Å². The number of carbonyl (C=O) groups is 1. The molecule has 0 saturated heterocycles. The summed E-state index contributed by atoms with van der Waals surface area (Å²) in [7, 11) is 2.08. The molecule has 0 radical (unpaired) electrons. The number of benzene rings is 1. The van der Waals surface area contributed by atoms with Gasteiger partial charge in [-0.3, -0.25) is 4.79 Å². The number of ether oxygens (including phenoxy) is 1. The van der Waals surface area contributed by atoms with Gasteiger partial charge in [0.1, 0.15) is 5.56 Å². The average Bonchev–Trinajstić information content (AvgIpc) is 2.91. The molecule has 3 rings (SSSR count). The van der Waals surface area contributed by atoms with Crippen LogP contribution in [0.25, 0.3) is 10.9 Å². The van der Waals surface area contributed by atoms with Crippen LogP contribution in [0, 0.1) is 0 Å².